The molecular formula is C20H18F2N6. The Bertz CT molecular complexity index is 1270. The number of fused-ring (bicyclic) bond motifs is 4. The lowest BCUT2D eigenvalue weighted by atomic mass is 9.96. The first-order valence-corrected chi connectivity index (χ1v) is 8.92. The van der Waals surface area contributed by atoms with Crippen molar-refractivity contribution in [2.24, 2.45) is 7.05 Å². The van der Waals surface area contributed by atoms with E-state index in [1.54, 1.807) is 36.1 Å². The highest BCUT2D eigenvalue weighted by Crippen LogP contribution is 2.43. The average Bonchev–Trinajstić information content (AvgIpc) is 3.17. The zero-order valence-electron chi connectivity index (χ0n) is 15.9. The van der Waals surface area contributed by atoms with E-state index in [-0.39, 0.29) is 11.3 Å². The van der Waals surface area contributed by atoms with Gasteiger partial charge in [-0.25, -0.2) is 8.78 Å². The van der Waals surface area contributed by atoms with E-state index in [0.29, 0.717) is 22.9 Å². The molecule has 0 fully saturated rings. The molecule has 28 heavy (non-hydrogen) atoms. The second-order valence-electron chi connectivity index (χ2n) is 7.65. The maximum absolute atomic E-state index is 15.8. The largest absolute Gasteiger partial charge is 0.371 e. The number of rotatable bonds is 1. The van der Waals surface area contributed by atoms with Crippen LogP contribution in [-0.4, -0.2) is 24.3 Å². The van der Waals surface area contributed by atoms with Crippen LogP contribution in [0.25, 0.3) is 27.7 Å². The minimum absolute atomic E-state index is 0.0730. The number of halogens is 2. The molecule has 1 N–H and O–H groups in total. The van der Waals surface area contributed by atoms with Gasteiger partial charge < -0.3 is 9.88 Å². The van der Waals surface area contributed by atoms with E-state index < -0.39 is 17.2 Å². The molecule has 0 amide bonds. The lowest BCUT2D eigenvalue weighted by Gasteiger charge is -2.34. The first-order chi connectivity index (χ1) is 13.3. The Balaban J connectivity index is 1.86. The van der Waals surface area contributed by atoms with Crippen molar-refractivity contribution in [1.29, 1.82) is 0 Å². The van der Waals surface area contributed by atoms with Crippen LogP contribution >= 0.6 is 0 Å². The van der Waals surface area contributed by atoms with Crippen molar-refractivity contribution < 1.29 is 8.78 Å². The van der Waals surface area contributed by atoms with E-state index in [0.717, 1.165) is 10.9 Å². The summed E-state index contributed by atoms with van der Waals surface area (Å²) in [7, 11) is 1.83. The third kappa shape index (κ3) is 2.08. The summed E-state index contributed by atoms with van der Waals surface area (Å²) in [6.45, 7) is 5.56. The predicted octanol–water partition coefficient (Wildman–Crippen LogP) is 4.07. The van der Waals surface area contributed by atoms with Gasteiger partial charge in [0.2, 0.25) is 0 Å². The number of pyridine rings is 1. The van der Waals surface area contributed by atoms with Crippen molar-refractivity contribution >= 4 is 16.6 Å². The van der Waals surface area contributed by atoms with E-state index in [1.807, 2.05) is 25.5 Å². The summed E-state index contributed by atoms with van der Waals surface area (Å²) in [5, 5.41) is 12.2. The van der Waals surface area contributed by atoms with Crippen molar-refractivity contribution in [3.8, 4) is 16.8 Å². The van der Waals surface area contributed by atoms with Gasteiger partial charge in [-0.3, -0.25) is 9.55 Å². The van der Waals surface area contributed by atoms with Gasteiger partial charge in [-0.2, -0.15) is 0 Å². The average molecular weight is 380 g/mol. The monoisotopic (exact) mass is 380 g/mol. The van der Waals surface area contributed by atoms with Crippen molar-refractivity contribution in [2.45, 2.75) is 26.3 Å². The highest BCUT2D eigenvalue weighted by Gasteiger charge is 2.37. The van der Waals surface area contributed by atoms with Crippen LogP contribution in [-0.2, 0) is 12.6 Å². The van der Waals surface area contributed by atoms with Gasteiger partial charge in [0.25, 0.3) is 0 Å². The molecule has 0 radical (unpaired) electrons. The van der Waals surface area contributed by atoms with Gasteiger partial charge in [-0.05, 0) is 26.8 Å². The third-order valence-corrected chi connectivity index (χ3v) is 5.31. The number of hydrogen-bond acceptors (Lipinski definition) is 4. The molecule has 0 spiro atoms. The normalized spacial score (nSPS) is 14.6. The first kappa shape index (κ1) is 16.9. The van der Waals surface area contributed by atoms with E-state index in [4.69, 9.17) is 0 Å². The fraction of sp³-hybridized carbons (Fsp3) is 0.250. The van der Waals surface area contributed by atoms with Crippen LogP contribution < -0.4 is 5.32 Å². The predicted molar refractivity (Wildman–Crippen MR) is 102 cm³/mol. The molecule has 4 aromatic rings. The molecule has 8 heteroatoms. The first-order valence-electron chi connectivity index (χ1n) is 8.92. The maximum atomic E-state index is 15.8. The maximum Gasteiger partial charge on any atom is 0.162 e. The van der Waals surface area contributed by atoms with Gasteiger partial charge in [0, 0.05) is 36.5 Å². The molecule has 0 bridgehead atoms. The van der Waals surface area contributed by atoms with E-state index in [2.05, 4.69) is 20.5 Å². The minimum atomic E-state index is -0.647. The van der Waals surface area contributed by atoms with Crippen LogP contribution in [0.3, 0.4) is 0 Å². The van der Waals surface area contributed by atoms with Crippen LogP contribution in [0.2, 0.25) is 0 Å². The van der Waals surface area contributed by atoms with Crippen LogP contribution in [0.4, 0.5) is 14.5 Å². The van der Waals surface area contributed by atoms with Crippen LogP contribution in [0.1, 0.15) is 25.5 Å². The summed E-state index contributed by atoms with van der Waals surface area (Å²) in [6.07, 6.45) is 5.02. The Morgan fingerprint density at radius 3 is 2.75 bits per heavy atom. The molecule has 0 atom stereocenters. The summed E-state index contributed by atoms with van der Waals surface area (Å²) in [4.78, 5) is 4.11. The molecule has 4 heterocycles. The van der Waals surface area contributed by atoms with Gasteiger partial charge in [0.1, 0.15) is 17.3 Å². The SMILES string of the molecule is Cc1nnc2n1-c1c(cc(F)c(-c3cn(C)c4cnccc34)c1F)NC2(C)C. The lowest BCUT2D eigenvalue weighted by molar-refractivity contribution is 0.517. The summed E-state index contributed by atoms with van der Waals surface area (Å²) in [6, 6.07) is 3.11. The zero-order chi connectivity index (χ0) is 19.8. The number of benzene rings is 1. The molecular weight excluding hydrogens is 362 g/mol. The molecule has 6 nitrogen and oxygen atoms in total. The number of nitrogens with zero attached hydrogens (tertiary/aromatic N) is 5. The molecule has 5 rings (SSSR count). The smallest absolute Gasteiger partial charge is 0.162 e. The summed E-state index contributed by atoms with van der Waals surface area (Å²) < 4.78 is 34.5. The van der Waals surface area contributed by atoms with E-state index >= 15 is 8.78 Å². The van der Waals surface area contributed by atoms with Crippen molar-refractivity contribution in [2.75, 3.05) is 5.32 Å². The molecule has 1 aliphatic heterocycles. The van der Waals surface area contributed by atoms with Crippen molar-refractivity contribution in [1.82, 2.24) is 24.3 Å². The summed E-state index contributed by atoms with van der Waals surface area (Å²) in [5.74, 6) is -0.148. The Kier molecular flexibility index (Phi) is 3.23. The molecule has 1 aromatic carbocycles. The second kappa shape index (κ2) is 5.37. The summed E-state index contributed by atoms with van der Waals surface area (Å²) in [5.41, 5.74) is 1.21. The highest BCUT2D eigenvalue weighted by molar-refractivity contribution is 5.97. The van der Waals surface area contributed by atoms with Gasteiger partial charge in [0.15, 0.2) is 11.6 Å². The quantitative estimate of drug-likeness (QED) is 0.541. The van der Waals surface area contributed by atoms with Gasteiger partial charge >= 0.3 is 0 Å². The number of nitrogens with one attached hydrogen (secondary N) is 1. The van der Waals surface area contributed by atoms with Crippen LogP contribution in [0.15, 0.2) is 30.7 Å². The molecule has 0 saturated heterocycles. The Morgan fingerprint density at radius 2 is 1.96 bits per heavy atom. The topological polar surface area (TPSA) is 60.6 Å². The molecule has 0 saturated carbocycles. The Hall–Kier alpha value is -3.29. The van der Waals surface area contributed by atoms with Crippen LogP contribution in [0.5, 0.6) is 0 Å². The number of anilines is 1. The Labute approximate surface area is 159 Å². The van der Waals surface area contributed by atoms with Crippen molar-refractivity contribution in [3.05, 3.63) is 54.0 Å². The number of aromatic nitrogens is 5. The lowest BCUT2D eigenvalue weighted by Crippen LogP contribution is -2.36. The molecule has 3 aromatic heterocycles. The molecule has 1 aliphatic rings. The zero-order valence-corrected chi connectivity index (χ0v) is 15.9. The molecule has 0 unspecified atom stereocenters. The minimum Gasteiger partial charge on any atom is -0.371 e. The van der Waals surface area contributed by atoms with E-state index in [1.165, 1.54) is 6.07 Å². The molecule has 0 aliphatic carbocycles. The van der Waals surface area contributed by atoms with Crippen LogP contribution in [0, 0.1) is 18.6 Å². The fourth-order valence-corrected chi connectivity index (χ4v) is 4.02. The Morgan fingerprint density at radius 1 is 1.18 bits per heavy atom. The standard InChI is InChI=1S/C20H18F2N6/c1-10-25-26-19-20(2,3)24-14-7-13(21)16(17(22)18(14)28(10)19)12-9-27(4)15-8-23-6-5-11(12)15/h5-9,24H,1-4H3. The number of hydrogen-bond donors (Lipinski definition) is 1. The molecule has 142 valence electrons. The second-order valence-corrected chi connectivity index (χ2v) is 7.65. The third-order valence-electron chi connectivity index (χ3n) is 5.31. The van der Waals surface area contributed by atoms with Gasteiger partial charge in [0.05, 0.1) is 28.5 Å². The fourth-order valence-electron chi connectivity index (χ4n) is 4.02. The number of aryl methyl sites for hydroxylation is 2. The highest BCUT2D eigenvalue weighted by atomic mass is 19.1. The van der Waals surface area contributed by atoms with Gasteiger partial charge in [-0.1, -0.05) is 0 Å². The van der Waals surface area contributed by atoms with E-state index in [9.17, 15) is 0 Å². The summed E-state index contributed by atoms with van der Waals surface area (Å²) >= 11 is 0. The van der Waals surface area contributed by atoms with Crippen molar-refractivity contribution in [3.63, 3.8) is 0 Å². The van der Waals surface area contributed by atoms with Gasteiger partial charge in [-0.15, -0.1) is 10.2 Å².